The van der Waals surface area contributed by atoms with E-state index < -0.39 is 12.2 Å². The Morgan fingerprint density at radius 3 is 2.81 bits per heavy atom. The minimum Gasteiger partial charge on any atom is -0.389 e. The highest BCUT2D eigenvalue weighted by Gasteiger charge is 2.18. The summed E-state index contributed by atoms with van der Waals surface area (Å²) in [6, 6.07) is 4.90. The van der Waals surface area contributed by atoms with E-state index in [1.165, 1.54) is 0 Å². The summed E-state index contributed by atoms with van der Waals surface area (Å²) in [5, 5.41) is 23.4. The smallest absolute Gasteiger partial charge is 0.174 e. The predicted molar refractivity (Wildman–Crippen MR) is 58.4 cm³/mol. The third-order valence-electron chi connectivity index (χ3n) is 2.47. The molecule has 2 atom stereocenters. The van der Waals surface area contributed by atoms with Gasteiger partial charge in [0.15, 0.2) is 11.4 Å². The lowest BCUT2D eigenvalue weighted by molar-refractivity contribution is 0.0244. The van der Waals surface area contributed by atoms with Crippen LogP contribution in [0.2, 0.25) is 0 Å². The van der Waals surface area contributed by atoms with E-state index in [0.29, 0.717) is 16.5 Å². The van der Waals surface area contributed by atoms with Gasteiger partial charge >= 0.3 is 0 Å². The Morgan fingerprint density at radius 2 is 2.12 bits per heavy atom. The maximum absolute atomic E-state index is 9.76. The zero-order valence-electron chi connectivity index (χ0n) is 8.50. The highest BCUT2D eigenvalue weighted by molar-refractivity contribution is 5.87. The third kappa shape index (κ3) is 1.73. The lowest BCUT2D eigenvalue weighted by Gasteiger charge is -2.16. The first-order valence-corrected chi connectivity index (χ1v) is 4.84. The second-order valence-electron chi connectivity index (χ2n) is 3.57. The number of nitrogens with two attached hydrogens (primary N) is 2. The first kappa shape index (κ1) is 10.9. The number of benzene rings is 1. The number of nitrogens with zero attached hydrogens (tertiary/aromatic N) is 1. The zero-order valence-corrected chi connectivity index (χ0v) is 8.50. The van der Waals surface area contributed by atoms with Crippen LogP contribution in [0.5, 0.6) is 0 Å². The van der Waals surface area contributed by atoms with Gasteiger partial charge in [-0.1, -0.05) is 11.2 Å². The van der Waals surface area contributed by atoms with Crippen LogP contribution in [0.1, 0.15) is 11.7 Å². The van der Waals surface area contributed by atoms with Crippen molar-refractivity contribution in [3.05, 3.63) is 23.8 Å². The van der Waals surface area contributed by atoms with Gasteiger partial charge in [0.25, 0.3) is 0 Å². The SMILES string of the molecule is NCC(O)C(O)c1ccc2onc(N)c2c1. The van der Waals surface area contributed by atoms with Crippen molar-refractivity contribution in [2.24, 2.45) is 5.73 Å². The molecule has 2 unspecified atom stereocenters. The number of nitrogen functional groups attached to an aromatic ring is 1. The van der Waals surface area contributed by atoms with Crippen LogP contribution in [0.25, 0.3) is 11.0 Å². The van der Waals surface area contributed by atoms with Gasteiger partial charge in [-0.05, 0) is 17.7 Å². The van der Waals surface area contributed by atoms with Crippen molar-refractivity contribution in [3.63, 3.8) is 0 Å². The molecule has 0 aliphatic rings. The summed E-state index contributed by atoms with van der Waals surface area (Å²) in [5.41, 5.74) is 11.9. The van der Waals surface area contributed by atoms with Crippen LogP contribution in [0.15, 0.2) is 22.7 Å². The Hall–Kier alpha value is -1.63. The van der Waals surface area contributed by atoms with E-state index in [9.17, 15) is 10.2 Å². The quantitative estimate of drug-likeness (QED) is 0.570. The molecule has 0 aliphatic carbocycles. The van der Waals surface area contributed by atoms with E-state index >= 15 is 0 Å². The van der Waals surface area contributed by atoms with Gasteiger partial charge in [0.2, 0.25) is 0 Å². The van der Waals surface area contributed by atoms with Gasteiger partial charge in [-0.2, -0.15) is 0 Å². The molecule has 1 aromatic heterocycles. The monoisotopic (exact) mass is 223 g/mol. The second-order valence-corrected chi connectivity index (χ2v) is 3.57. The molecule has 16 heavy (non-hydrogen) atoms. The predicted octanol–water partition coefficient (Wildman–Crippen LogP) is -0.237. The van der Waals surface area contributed by atoms with Crippen LogP contribution in [0.3, 0.4) is 0 Å². The highest BCUT2D eigenvalue weighted by atomic mass is 16.5. The summed E-state index contributed by atoms with van der Waals surface area (Å²) >= 11 is 0. The van der Waals surface area contributed by atoms with Gasteiger partial charge in [-0.25, -0.2) is 0 Å². The topological polar surface area (TPSA) is 119 Å². The maximum atomic E-state index is 9.76. The first-order valence-electron chi connectivity index (χ1n) is 4.84. The molecule has 2 rings (SSSR count). The first-order chi connectivity index (χ1) is 7.63. The molecule has 0 fully saturated rings. The summed E-state index contributed by atoms with van der Waals surface area (Å²) in [6.45, 7) is -0.0156. The van der Waals surface area contributed by atoms with E-state index in [1.54, 1.807) is 18.2 Å². The summed E-state index contributed by atoms with van der Waals surface area (Å²) in [6.07, 6.45) is -2.04. The Balaban J connectivity index is 2.41. The van der Waals surface area contributed by atoms with Crippen molar-refractivity contribution in [1.29, 1.82) is 0 Å². The number of aliphatic hydroxyl groups excluding tert-OH is 2. The molecular formula is C10H13N3O3. The molecule has 1 aromatic carbocycles. The molecule has 0 bridgehead atoms. The molecule has 0 spiro atoms. The number of aromatic nitrogens is 1. The molecule has 0 aliphatic heterocycles. The summed E-state index contributed by atoms with van der Waals surface area (Å²) < 4.78 is 4.93. The summed E-state index contributed by atoms with van der Waals surface area (Å²) in [4.78, 5) is 0. The lowest BCUT2D eigenvalue weighted by atomic mass is 10.0. The lowest BCUT2D eigenvalue weighted by Crippen LogP contribution is -2.27. The van der Waals surface area contributed by atoms with Crippen molar-refractivity contribution in [2.45, 2.75) is 12.2 Å². The molecule has 6 nitrogen and oxygen atoms in total. The van der Waals surface area contributed by atoms with E-state index in [2.05, 4.69) is 5.16 Å². The van der Waals surface area contributed by atoms with Gasteiger partial charge in [-0.15, -0.1) is 0 Å². The van der Waals surface area contributed by atoms with Crippen LogP contribution < -0.4 is 11.5 Å². The van der Waals surface area contributed by atoms with Crippen LogP contribution >= 0.6 is 0 Å². The van der Waals surface area contributed by atoms with E-state index in [0.717, 1.165) is 0 Å². The van der Waals surface area contributed by atoms with Crippen LogP contribution in [0.4, 0.5) is 5.82 Å². The molecule has 0 radical (unpaired) electrons. The standard InChI is InChI=1S/C10H13N3O3/c11-4-7(14)9(15)5-1-2-8-6(3-5)10(12)13-16-8/h1-3,7,9,14-15H,4,11H2,(H2,12,13). The van der Waals surface area contributed by atoms with E-state index in [1.807, 2.05) is 0 Å². The minimum absolute atomic E-state index is 0.0156. The van der Waals surface area contributed by atoms with Crippen molar-refractivity contribution in [3.8, 4) is 0 Å². The van der Waals surface area contributed by atoms with Gasteiger partial charge in [0.05, 0.1) is 11.5 Å². The third-order valence-corrected chi connectivity index (χ3v) is 2.47. The molecular weight excluding hydrogens is 210 g/mol. The molecule has 2 aromatic rings. The Morgan fingerprint density at radius 1 is 1.38 bits per heavy atom. The number of fused-ring (bicyclic) bond motifs is 1. The van der Waals surface area contributed by atoms with Gasteiger partial charge < -0.3 is 26.2 Å². The number of rotatable bonds is 3. The highest BCUT2D eigenvalue weighted by Crippen LogP contribution is 2.25. The van der Waals surface area contributed by atoms with E-state index in [-0.39, 0.29) is 12.4 Å². The normalized spacial score (nSPS) is 15.2. The molecule has 0 saturated heterocycles. The maximum Gasteiger partial charge on any atom is 0.174 e. The number of anilines is 1. The van der Waals surface area contributed by atoms with Crippen molar-refractivity contribution in [2.75, 3.05) is 12.3 Å². The fourth-order valence-corrected chi connectivity index (χ4v) is 1.51. The fraction of sp³-hybridized carbons (Fsp3) is 0.300. The Bertz CT molecular complexity index is 497. The van der Waals surface area contributed by atoms with Crippen LogP contribution in [-0.4, -0.2) is 28.0 Å². The van der Waals surface area contributed by atoms with E-state index in [4.69, 9.17) is 16.0 Å². The molecule has 6 heteroatoms. The van der Waals surface area contributed by atoms with Crippen molar-refractivity contribution in [1.82, 2.24) is 5.16 Å². The van der Waals surface area contributed by atoms with Gasteiger partial charge in [0, 0.05) is 6.54 Å². The minimum atomic E-state index is -1.04. The number of hydrogen-bond donors (Lipinski definition) is 4. The molecule has 0 amide bonds. The van der Waals surface area contributed by atoms with Crippen molar-refractivity contribution < 1.29 is 14.7 Å². The molecule has 6 N–H and O–H groups in total. The Labute approximate surface area is 91.4 Å². The second kappa shape index (κ2) is 4.09. The molecule has 1 heterocycles. The molecule has 0 saturated carbocycles. The number of hydrogen-bond acceptors (Lipinski definition) is 6. The zero-order chi connectivity index (χ0) is 11.7. The fourth-order valence-electron chi connectivity index (χ4n) is 1.51. The summed E-state index contributed by atoms with van der Waals surface area (Å²) in [7, 11) is 0. The van der Waals surface area contributed by atoms with Crippen molar-refractivity contribution >= 4 is 16.8 Å². The average molecular weight is 223 g/mol. The number of aliphatic hydroxyl groups is 2. The largest absolute Gasteiger partial charge is 0.389 e. The van der Waals surface area contributed by atoms with Gasteiger partial charge in [0.1, 0.15) is 6.10 Å². The van der Waals surface area contributed by atoms with Gasteiger partial charge in [-0.3, -0.25) is 0 Å². The summed E-state index contributed by atoms with van der Waals surface area (Å²) in [5.74, 6) is 0.256. The molecule has 86 valence electrons. The average Bonchev–Trinajstić information content (AvgIpc) is 2.68. The van der Waals surface area contributed by atoms with Crippen LogP contribution in [0, 0.1) is 0 Å². The Kier molecular flexibility index (Phi) is 2.78. The van der Waals surface area contributed by atoms with Crippen LogP contribution in [-0.2, 0) is 0 Å².